The predicted octanol–water partition coefficient (Wildman–Crippen LogP) is 5.66. The van der Waals surface area contributed by atoms with Crippen molar-refractivity contribution in [1.29, 1.82) is 5.26 Å². The molecule has 8 heteroatoms. The molecule has 1 aromatic heterocycles. The van der Waals surface area contributed by atoms with Crippen LogP contribution in [0.2, 0.25) is 0 Å². The monoisotopic (exact) mass is 513 g/mol. The number of hydrogen-bond donors (Lipinski definition) is 2. The van der Waals surface area contributed by atoms with Crippen LogP contribution in [0.1, 0.15) is 35.3 Å². The lowest BCUT2D eigenvalue weighted by molar-refractivity contribution is -0.138. The Morgan fingerprint density at radius 2 is 1.92 bits per heavy atom. The number of nitrogens with zero attached hydrogens (tertiary/aromatic N) is 1. The van der Waals surface area contributed by atoms with Crippen LogP contribution in [-0.4, -0.2) is 24.2 Å². The number of carbonyl (C=O) groups is 2. The van der Waals surface area contributed by atoms with Gasteiger partial charge in [0.15, 0.2) is 0 Å². The van der Waals surface area contributed by atoms with Gasteiger partial charge in [-0.2, -0.15) is 5.26 Å². The lowest BCUT2D eigenvalue weighted by Crippen LogP contribution is -2.29. The summed E-state index contributed by atoms with van der Waals surface area (Å²) in [5.74, 6) is -1.05. The molecule has 1 aliphatic rings. The van der Waals surface area contributed by atoms with Crippen LogP contribution in [0.15, 0.2) is 87.5 Å². The number of furan rings is 1. The molecule has 1 aliphatic heterocycles. The zero-order valence-corrected chi connectivity index (χ0v) is 21.6. The predicted molar refractivity (Wildman–Crippen MR) is 144 cm³/mol. The number of ether oxygens (including phenoxy) is 1. The minimum Gasteiger partial charge on any atom is -0.468 e. The number of nitriles is 1. The minimum atomic E-state index is -0.792. The van der Waals surface area contributed by atoms with E-state index in [0.717, 1.165) is 22.4 Å². The lowest BCUT2D eigenvalue weighted by Gasteiger charge is -2.29. The van der Waals surface area contributed by atoms with E-state index >= 15 is 0 Å². The van der Waals surface area contributed by atoms with Crippen molar-refractivity contribution in [2.45, 2.75) is 26.7 Å². The summed E-state index contributed by atoms with van der Waals surface area (Å²) in [5.41, 5.74) is 4.57. The Hall–Kier alpha value is -4.22. The molecule has 1 atom stereocenters. The Morgan fingerprint density at radius 3 is 2.59 bits per heavy atom. The number of amides is 1. The van der Waals surface area contributed by atoms with Crippen LogP contribution < -0.4 is 10.6 Å². The molecule has 0 spiro atoms. The van der Waals surface area contributed by atoms with Crippen molar-refractivity contribution in [3.05, 3.63) is 106 Å². The van der Waals surface area contributed by atoms with Gasteiger partial charge in [-0.05, 0) is 55.7 Å². The van der Waals surface area contributed by atoms with Gasteiger partial charge in [-0.25, -0.2) is 4.79 Å². The Labute approximate surface area is 220 Å². The van der Waals surface area contributed by atoms with Gasteiger partial charge in [-0.3, -0.25) is 4.79 Å². The number of thioether (sulfide) groups is 1. The second-order valence-corrected chi connectivity index (χ2v) is 9.44. The Morgan fingerprint density at radius 1 is 1.14 bits per heavy atom. The summed E-state index contributed by atoms with van der Waals surface area (Å²) < 4.78 is 11.1. The zero-order chi connectivity index (χ0) is 26.4. The maximum absolute atomic E-state index is 13.2. The first kappa shape index (κ1) is 25.9. The number of rotatable bonds is 8. The molecule has 3 aromatic rings. The third-order valence-corrected chi connectivity index (χ3v) is 6.87. The van der Waals surface area contributed by atoms with E-state index in [1.807, 2.05) is 62.4 Å². The first-order valence-electron chi connectivity index (χ1n) is 11.8. The third kappa shape index (κ3) is 5.79. The van der Waals surface area contributed by atoms with Crippen molar-refractivity contribution in [2.24, 2.45) is 0 Å². The van der Waals surface area contributed by atoms with Crippen LogP contribution in [0, 0.1) is 25.2 Å². The molecule has 2 heterocycles. The lowest BCUT2D eigenvalue weighted by atomic mass is 9.84. The van der Waals surface area contributed by atoms with E-state index < -0.39 is 11.9 Å². The number of benzene rings is 2. The molecule has 1 amide bonds. The quantitative estimate of drug-likeness (QED) is 0.374. The highest BCUT2D eigenvalue weighted by Crippen LogP contribution is 2.43. The second kappa shape index (κ2) is 11.7. The van der Waals surface area contributed by atoms with Gasteiger partial charge in [-0.1, -0.05) is 54.2 Å². The molecule has 0 aliphatic carbocycles. The molecular formula is C29H27N3O4S. The van der Waals surface area contributed by atoms with E-state index in [4.69, 9.17) is 9.15 Å². The Kier molecular flexibility index (Phi) is 8.16. The van der Waals surface area contributed by atoms with Crippen molar-refractivity contribution in [3.8, 4) is 6.07 Å². The van der Waals surface area contributed by atoms with Gasteiger partial charge < -0.3 is 19.8 Å². The molecule has 7 nitrogen and oxygen atoms in total. The summed E-state index contributed by atoms with van der Waals surface area (Å²) in [6.45, 7) is 5.81. The SMILES string of the molecule is CCOC(=O)C1=C(c2ccccc2)NC(SCC(=O)Nc2cc(C)ccc2C)=C(C#N)[C@@H]1c1ccco1. The highest BCUT2D eigenvalue weighted by molar-refractivity contribution is 8.03. The molecule has 0 saturated heterocycles. The highest BCUT2D eigenvalue weighted by Gasteiger charge is 2.38. The average molecular weight is 514 g/mol. The third-order valence-electron chi connectivity index (χ3n) is 5.85. The van der Waals surface area contributed by atoms with Crippen LogP contribution in [0.4, 0.5) is 5.69 Å². The summed E-state index contributed by atoms with van der Waals surface area (Å²) in [5, 5.41) is 16.9. The van der Waals surface area contributed by atoms with Crippen LogP contribution in [0.3, 0.4) is 0 Å². The number of carbonyl (C=O) groups excluding carboxylic acids is 2. The molecular weight excluding hydrogens is 486 g/mol. The molecule has 2 aromatic carbocycles. The van der Waals surface area contributed by atoms with Gasteiger partial charge in [0.05, 0.1) is 52.5 Å². The topological polar surface area (TPSA) is 104 Å². The van der Waals surface area contributed by atoms with Gasteiger partial charge in [0.1, 0.15) is 5.76 Å². The number of hydrogen-bond acceptors (Lipinski definition) is 7. The van der Waals surface area contributed by atoms with Crippen molar-refractivity contribution in [1.82, 2.24) is 5.32 Å². The second-order valence-electron chi connectivity index (χ2n) is 8.46. The van der Waals surface area contributed by atoms with Crippen molar-refractivity contribution >= 4 is 35.0 Å². The van der Waals surface area contributed by atoms with E-state index in [1.54, 1.807) is 19.1 Å². The summed E-state index contributed by atoms with van der Waals surface area (Å²) in [6.07, 6.45) is 1.50. The first-order chi connectivity index (χ1) is 17.9. The molecule has 0 radical (unpaired) electrons. The molecule has 0 saturated carbocycles. The number of allylic oxidation sites excluding steroid dienone is 1. The first-order valence-corrected chi connectivity index (χ1v) is 12.8. The van der Waals surface area contributed by atoms with Gasteiger partial charge in [0.2, 0.25) is 5.91 Å². The Balaban J connectivity index is 1.71. The summed E-state index contributed by atoms with van der Waals surface area (Å²) >= 11 is 1.20. The average Bonchev–Trinajstić information content (AvgIpc) is 3.44. The van der Waals surface area contributed by atoms with Gasteiger partial charge >= 0.3 is 5.97 Å². The molecule has 4 rings (SSSR count). The molecule has 37 heavy (non-hydrogen) atoms. The largest absolute Gasteiger partial charge is 0.468 e. The molecule has 0 unspecified atom stereocenters. The standard InChI is InChI=1S/C29H27N3O4S/c1-4-35-29(34)26-25(23-11-8-14-36-23)21(16-30)28(32-27(26)20-9-6-5-7-10-20)37-17-24(33)31-22-15-18(2)12-13-19(22)3/h5-15,25,32H,4,17H2,1-3H3,(H,31,33)/t25-/m1/s1. The smallest absolute Gasteiger partial charge is 0.337 e. The Bertz CT molecular complexity index is 1400. The molecule has 0 bridgehead atoms. The fraction of sp³-hybridized carbons (Fsp3) is 0.207. The number of aryl methyl sites for hydroxylation is 2. The highest BCUT2D eigenvalue weighted by atomic mass is 32.2. The van der Waals surface area contributed by atoms with E-state index in [-0.39, 0.29) is 29.4 Å². The van der Waals surface area contributed by atoms with Gasteiger partial charge in [0, 0.05) is 5.69 Å². The summed E-state index contributed by atoms with van der Waals surface area (Å²) in [6, 6.07) is 20.9. The molecule has 2 N–H and O–H groups in total. The number of anilines is 1. The number of nitrogens with one attached hydrogen (secondary N) is 2. The normalized spacial score (nSPS) is 15.1. The van der Waals surface area contributed by atoms with Crippen LogP contribution in [-0.2, 0) is 14.3 Å². The number of dihydropyridines is 1. The van der Waals surface area contributed by atoms with Gasteiger partial charge in [0.25, 0.3) is 0 Å². The van der Waals surface area contributed by atoms with Crippen molar-refractivity contribution in [3.63, 3.8) is 0 Å². The molecule has 188 valence electrons. The van der Waals surface area contributed by atoms with Crippen molar-refractivity contribution < 1.29 is 18.7 Å². The van der Waals surface area contributed by atoms with Crippen LogP contribution in [0.25, 0.3) is 5.70 Å². The van der Waals surface area contributed by atoms with E-state index in [9.17, 15) is 14.9 Å². The van der Waals surface area contributed by atoms with Crippen LogP contribution in [0.5, 0.6) is 0 Å². The maximum Gasteiger partial charge on any atom is 0.337 e. The number of esters is 1. The van der Waals surface area contributed by atoms with E-state index in [0.29, 0.717) is 16.5 Å². The van der Waals surface area contributed by atoms with E-state index in [2.05, 4.69) is 16.7 Å². The van der Waals surface area contributed by atoms with Gasteiger partial charge in [-0.15, -0.1) is 0 Å². The van der Waals surface area contributed by atoms with Crippen molar-refractivity contribution in [2.75, 3.05) is 17.7 Å². The van der Waals surface area contributed by atoms with E-state index in [1.165, 1.54) is 18.0 Å². The summed E-state index contributed by atoms with van der Waals surface area (Å²) in [4.78, 5) is 26.1. The maximum atomic E-state index is 13.2. The molecule has 0 fully saturated rings. The fourth-order valence-electron chi connectivity index (χ4n) is 4.09. The minimum absolute atomic E-state index is 0.0581. The summed E-state index contributed by atoms with van der Waals surface area (Å²) in [7, 11) is 0. The van der Waals surface area contributed by atoms with Crippen LogP contribution >= 0.6 is 11.8 Å². The fourth-order valence-corrected chi connectivity index (χ4v) is 4.93. The zero-order valence-electron chi connectivity index (χ0n) is 20.8.